The first kappa shape index (κ1) is 14.1. The van der Waals surface area contributed by atoms with Gasteiger partial charge in [-0.2, -0.15) is 11.8 Å². The van der Waals surface area contributed by atoms with Crippen molar-refractivity contribution >= 4 is 11.8 Å². The summed E-state index contributed by atoms with van der Waals surface area (Å²) in [5.74, 6) is 2.50. The van der Waals surface area contributed by atoms with Gasteiger partial charge >= 0.3 is 0 Å². The smallest absolute Gasteiger partial charge is 0.0195 e. The lowest BCUT2D eigenvalue weighted by Gasteiger charge is -2.18. The van der Waals surface area contributed by atoms with E-state index in [2.05, 4.69) is 44.4 Å². The molecule has 1 nitrogen and oxygen atoms in total. The third kappa shape index (κ3) is 7.45. The van der Waals surface area contributed by atoms with Crippen molar-refractivity contribution < 1.29 is 0 Å². The summed E-state index contributed by atoms with van der Waals surface area (Å²) in [6.45, 7) is 11.7. The molecular weight excluding hydrogens is 190 g/mol. The van der Waals surface area contributed by atoms with Crippen LogP contribution in [0.25, 0.3) is 0 Å². The molecular formula is C12H25NS. The van der Waals surface area contributed by atoms with Crippen LogP contribution in [0.5, 0.6) is 0 Å². The van der Waals surface area contributed by atoms with E-state index in [1.807, 2.05) is 0 Å². The molecule has 0 saturated heterocycles. The van der Waals surface area contributed by atoms with Gasteiger partial charge < -0.3 is 5.32 Å². The minimum absolute atomic E-state index is 0.629. The van der Waals surface area contributed by atoms with E-state index in [0.29, 0.717) is 6.04 Å². The molecule has 0 rings (SSSR count). The van der Waals surface area contributed by atoms with Gasteiger partial charge in [0.05, 0.1) is 0 Å². The van der Waals surface area contributed by atoms with Gasteiger partial charge in [-0.25, -0.2) is 0 Å². The van der Waals surface area contributed by atoms with Crippen LogP contribution in [0.1, 0.15) is 40.0 Å². The summed E-state index contributed by atoms with van der Waals surface area (Å²) in [7, 11) is 0. The second-order valence-corrected chi connectivity index (χ2v) is 4.79. The quantitative estimate of drug-likeness (QED) is 0.467. The van der Waals surface area contributed by atoms with Crippen LogP contribution in [-0.2, 0) is 0 Å². The fourth-order valence-corrected chi connectivity index (χ4v) is 2.32. The number of hydrogen-bond donors (Lipinski definition) is 1. The molecule has 0 aromatic rings. The third-order valence-electron chi connectivity index (χ3n) is 2.20. The predicted octanol–water partition coefficient (Wildman–Crippen LogP) is 3.46. The molecule has 0 amide bonds. The predicted molar refractivity (Wildman–Crippen MR) is 69.1 cm³/mol. The Kier molecular flexibility index (Phi) is 9.63. The van der Waals surface area contributed by atoms with Gasteiger partial charge in [0.15, 0.2) is 0 Å². The average Bonchev–Trinajstić information content (AvgIpc) is 2.18. The molecule has 14 heavy (non-hydrogen) atoms. The van der Waals surface area contributed by atoms with E-state index in [9.17, 15) is 0 Å². The van der Waals surface area contributed by atoms with E-state index in [4.69, 9.17) is 0 Å². The Morgan fingerprint density at radius 2 is 2.07 bits per heavy atom. The summed E-state index contributed by atoms with van der Waals surface area (Å²) >= 11 is 2.05. The lowest BCUT2D eigenvalue weighted by atomic mass is 10.1. The Balaban J connectivity index is 3.70. The minimum Gasteiger partial charge on any atom is -0.313 e. The lowest BCUT2D eigenvalue weighted by molar-refractivity contribution is 0.565. The summed E-state index contributed by atoms with van der Waals surface area (Å²) in [5, 5.41) is 3.53. The van der Waals surface area contributed by atoms with Crippen molar-refractivity contribution in [2.45, 2.75) is 46.1 Å². The van der Waals surface area contributed by atoms with Gasteiger partial charge in [-0.1, -0.05) is 32.9 Å². The van der Waals surface area contributed by atoms with Crippen molar-refractivity contribution in [3.05, 3.63) is 12.2 Å². The number of nitrogens with one attached hydrogen (secondary N) is 1. The van der Waals surface area contributed by atoms with Crippen molar-refractivity contribution in [1.29, 1.82) is 0 Å². The van der Waals surface area contributed by atoms with Crippen LogP contribution in [0.15, 0.2) is 12.2 Å². The van der Waals surface area contributed by atoms with Crippen molar-refractivity contribution in [2.24, 2.45) is 0 Å². The molecule has 0 spiro atoms. The van der Waals surface area contributed by atoms with Gasteiger partial charge in [-0.3, -0.25) is 0 Å². The molecule has 0 aromatic heterocycles. The second-order valence-electron chi connectivity index (χ2n) is 3.64. The maximum atomic E-state index is 4.07. The fourth-order valence-electron chi connectivity index (χ4n) is 1.34. The SMILES string of the molecule is C=C(CC)CC(CSCCC)NCC. The van der Waals surface area contributed by atoms with E-state index >= 15 is 0 Å². The number of thioether (sulfide) groups is 1. The van der Waals surface area contributed by atoms with Gasteiger partial charge in [0.1, 0.15) is 0 Å². The largest absolute Gasteiger partial charge is 0.313 e. The van der Waals surface area contributed by atoms with Crippen LogP contribution in [0, 0.1) is 0 Å². The number of hydrogen-bond acceptors (Lipinski definition) is 2. The van der Waals surface area contributed by atoms with Gasteiger partial charge in [0, 0.05) is 11.8 Å². The highest BCUT2D eigenvalue weighted by molar-refractivity contribution is 7.99. The van der Waals surface area contributed by atoms with Crippen molar-refractivity contribution in [3.63, 3.8) is 0 Å². The zero-order valence-electron chi connectivity index (χ0n) is 9.94. The highest BCUT2D eigenvalue weighted by Crippen LogP contribution is 2.12. The van der Waals surface area contributed by atoms with Gasteiger partial charge in [0.2, 0.25) is 0 Å². The Hall–Kier alpha value is 0.0500. The second kappa shape index (κ2) is 9.60. The maximum absolute atomic E-state index is 4.07. The van der Waals surface area contributed by atoms with Crippen LogP contribution in [0.2, 0.25) is 0 Å². The van der Waals surface area contributed by atoms with Gasteiger partial charge in [-0.15, -0.1) is 0 Å². The summed E-state index contributed by atoms with van der Waals surface area (Å²) in [6.07, 6.45) is 3.53. The molecule has 1 unspecified atom stereocenters. The fraction of sp³-hybridized carbons (Fsp3) is 0.833. The molecule has 0 saturated carbocycles. The molecule has 84 valence electrons. The van der Waals surface area contributed by atoms with Crippen LogP contribution in [-0.4, -0.2) is 24.1 Å². The summed E-state index contributed by atoms with van der Waals surface area (Å²) in [6, 6.07) is 0.629. The monoisotopic (exact) mass is 215 g/mol. The molecule has 2 heteroatoms. The summed E-state index contributed by atoms with van der Waals surface area (Å²) in [4.78, 5) is 0. The molecule has 0 fully saturated rings. The number of rotatable bonds is 9. The van der Waals surface area contributed by atoms with E-state index in [1.165, 1.54) is 23.5 Å². The topological polar surface area (TPSA) is 12.0 Å². The Labute approximate surface area is 93.7 Å². The van der Waals surface area contributed by atoms with Crippen LogP contribution >= 0.6 is 11.8 Å². The summed E-state index contributed by atoms with van der Waals surface area (Å²) < 4.78 is 0. The highest BCUT2D eigenvalue weighted by Gasteiger charge is 2.07. The Morgan fingerprint density at radius 1 is 1.36 bits per heavy atom. The van der Waals surface area contributed by atoms with Crippen molar-refractivity contribution in [3.8, 4) is 0 Å². The molecule has 0 aromatic carbocycles. The Morgan fingerprint density at radius 3 is 2.57 bits per heavy atom. The highest BCUT2D eigenvalue weighted by atomic mass is 32.2. The molecule has 0 aliphatic heterocycles. The first-order valence-electron chi connectivity index (χ1n) is 5.72. The average molecular weight is 215 g/mol. The van der Waals surface area contributed by atoms with Crippen LogP contribution in [0.4, 0.5) is 0 Å². The van der Waals surface area contributed by atoms with E-state index in [1.54, 1.807) is 0 Å². The maximum Gasteiger partial charge on any atom is 0.0195 e. The van der Waals surface area contributed by atoms with Crippen LogP contribution < -0.4 is 5.32 Å². The molecule has 0 bridgehead atoms. The molecule has 0 aliphatic rings. The van der Waals surface area contributed by atoms with Gasteiger partial charge in [-0.05, 0) is 31.6 Å². The van der Waals surface area contributed by atoms with E-state index in [0.717, 1.165) is 19.4 Å². The summed E-state index contributed by atoms with van der Waals surface area (Å²) in [5.41, 5.74) is 1.37. The van der Waals surface area contributed by atoms with Gasteiger partial charge in [0.25, 0.3) is 0 Å². The molecule has 1 N–H and O–H groups in total. The molecule has 0 radical (unpaired) electrons. The normalized spacial score (nSPS) is 12.8. The minimum atomic E-state index is 0.629. The van der Waals surface area contributed by atoms with E-state index < -0.39 is 0 Å². The van der Waals surface area contributed by atoms with Crippen molar-refractivity contribution in [2.75, 3.05) is 18.1 Å². The zero-order valence-corrected chi connectivity index (χ0v) is 10.8. The first-order chi connectivity index (χ1) is 6.74. The standard InChI is InChI=1S/C12H25NS/c1-5-8-14-10-12(13-7-3)9-11(4)6-2/h12-13H,4-10H2,1-3H3. The molecule has 0 heterocycles. The van der Waals surface area contributed by atoms with Crippen LogP contribution in [0.3, 0.4) is 0 Å². The zero-order chi connectivity index (χ0) is 10.8. The molecule has 0 aliphatic carbocycles. The first-order valence-corrected chi connectivity index (χ1v) is 6.87. The third-order valence-corrected chi connectivity index (χ3v) is 3.53. The van der Waals surface area contributed by atoms with Crippen molar-refractivity contribution in [1.82, 2.24) is 5.32 Å². The molecule has 1 atom stereocenters. The Bertz CT molecular complexity index is 145. The lowest BCUT2D eigenvalue weighted by Crippen LogP contribution is -2.31. The van der Waals surface area contributed by atoms with E-state index in [-0.39, 0.29) is 0 Å².